The summed E-state index contributed by atoms with van der Waals surface area (Å²) in [7, 11) is 1.68. The smallest absolute Gasteiger partial charge is 0.118 e. The van der Waals surface area contributed by atoms with E-state index in [2.05, 4.69) is 26.0 Å². The lowest BCUT2D eigenvalue weighted by molar-refractivity contribution is -0.0369. The number of methoxy groups -OCH3 is 1. The fourth-order valence-electron chi connectivity index (χ4n) is 1.06. The molecule has 1 heterocycles. The van der Waals surface area contributed by atoms with Crippen molar-refractivity contribution in [1.29, 1.82) is 0 Å². The molecule has 1 rings (SSSR count). The van der Waals surface area contributed by atoms with E-state index in [-0.39, 0.29) is 5.72 Å². The third kappa shape index (κ3) is 2.05. The van der Waals surface area contributed by atoms with Gasteiger partial charge in [0, 0.05) is 55.9 Å². The predicted octanol–water partition coefficient (Wildman–Crippen LogP) is 0.734. The van der Waals surface area contributed by atoms with Crippen LogP contribution in [0.4, 0.5) is 0 Å². The zero-order chi connectivity index (χ0) is 7.61. The van der Waals surface area contributed by atoms with Gasteiger partial charge in [-0.25, -0.2) is 3.11 Å². The molecule has 0 aromatic rings. The maximum Gasteiger partial charge on any atom is 0.118 e. The Morgan fingerprint density at radius 1 is 1.50 bits per heavy atom. The quantitative estimate of drug-likeness (QED) is 0.427. The molecule has 0 bridgehead atoms. The molecule has 0 radical (unpaired) electrons. The highest BCUT2D eigenvalue weighted by Gasteiger charge is 2.29. The molecule has 4 heteroatoms. The van der Waals surface area contributed by atoms with E-state index < -0.39 is 0 Å². The minimum atomic E-state index is -0.346. The lowest BCUT2D eigenvalue weighted by Crippen LogP contribution is -2.49. The monoisotopic (exact) mass is 256 g/mol. The minimum Gasteiger partial charge on any atom is -0.364 e. The zero-order valence-corrected chi connectivity index (χ0v) is 8.30. The molecule has 1 fully saturated rings. The lowest BCUT2D eigenvalue weighted by Gasteiger charge is -2.35. The SMILES string of the molecule is COC1(N)CCN(I)CC1. The van der Waals surface area contributed by atoms with Crippen LogP contribution in [0.25, 0.3) is 0 Å². The first-order chi connectivity index (χ1) is 4.66. The number of hydrogen-bond acceptors (Lipinski definition) is 3. The number of ether oxygens (including phenoxy) is 1. The molecule has 10 heavy (non-hydrogen) atoms. The van der Waals surface area contributed by atoms with Gasteiger partial charge in [0.25, 0.3) is 0 Å². The first-order valence-electron chi connectivity index (χ1n) is 3.41. The molecule has 0 aromatic carbocycles. The largest absolute Gasteiger partial charge is 0.364 e. The first kappa shape index (κ1) is 8.70. The second kappa shape index (κ2) is 3.34. The number of rotatable bonds is 1. The molecule has 0 unspecified atom stereocenters. The summed E-state index contributed by atoms with van der Waals surface area (Å²) in [4.78, 5) is 0. The Kier molecular flexibility index (Phi) is 2.91. The van der Waals surface area contributed by atoms with E-state index in [9.17, 15) is 0 Å². The van der Waals surface area contributed by atoms with Gasteiger partial charge in [-0.05, 0) is 0 Å². The fraction of sp³-hybridized carbons (Fsp3) is 1.00. The van der Waals surface area contributed by atoms with Crippen LogP contribution in [0.2, 0.25) is 0 Å². The summed E-state index contributed by atoms with van der Waals surface area (Å²) in [5.74, 6) is 0. The normalized spacial score (nSPS) is 26.7. The van der Waals surface area contributed by atoms with Crippen LogP contribution in [0, 0.1) is 0 Å². The van der Waals surface area contributed by atoms with Crippen LogP contribution < -0.4 is 5.73 Å². The molecule has 2 N–H and O–H groups in total. The third-order valence-corrected chi connectivity index (χ3v) is 2.93. The van der Waals surface area contributed by atoms with Crippen LogP contribution in [0.5, 0.6) is 0 Å². The summed E-state index contributed by atoms with van der Waals surface area (Å²) < 4.78 is 7.41. The predicted molar refractivity (Wildman–Crippen MR) is 48.8 cm³/mol. The molecule has 0 aromatic heterocycles. The second-order valence-corrected chi connectivity index (χ2v) is 4.04. The molecule has 1 aliphatic heterocycles. The molecular weight excluding hydrogens is 243 g/mol. The Hall–Kier alpha value is 0.610. The van der Waals surface area contributed by atoms with Crippen LogP contribution in [0.3, 0.4) is 0 Å². The van der Waals surface area contributed by atoms with E-state index >= 15 is 0 Å². The van der Waals surface area contributed by atoms with Gasteiger partial charge in [-0.2, -0.15) is 0 Å². The topological polar surface area (TPSA) is 38.5 Å². The third-order valence-electron chi connectivity index (χ3n) is 1.96. The van der Waals surface area contributed by atoms with Crippen molar-refractivity contribution in [3.63, 3.8) is 0 Å². The van der Waals surface area contributed by atoms with Gasteiger partial charge in [0.15, 0.2) is 0 Å². The maximum absolute atomic E-state index is 5.87. The van der Waals surface area contributed by atoms with Crippen LogP contribution in [-0.4, -0.2) is 29.0 Å². The van der Waals surface area contributed by atoms with Gasteiger partial charge >= 0.3 is 0 Å². The van der Waals surface area contributed by atoms with Crippen molar-refractivity contribution in [2.75, 3.05) is 20.2 Å². The highest BCUT2D eigenvalue weighted by Crippen LogP contribution is 2.21. The van der Waals surface area contributed by atoms with Crippen molar-refractivity contribution in [2.24, 2.45) is 5.73 Å². The first-order valence-corrected chi connectivity index (χ1v) is 4.37. The molecule has 0 aliphatic carbocycles. The van der Waals surface area contributed by atoms with Crippen LogP contribution in [-0.2, 0) is 4.74 Å². The summed E-state index contributed by atoms with van der Waals surface area (Å²) in [6, 6.07) is 0. The van der Waals surface area contributed by atoms with E-state index in [0.717, 1.165) is 25.9 Å². The number of nitrogens with two attached hydrogens (primary N) is 1. The van der Waals surface area contributed by atoms with Crippen molar-refractivity contribution >= 4 is 22.9 Å². The Balaban J connectivity index is 2.38. The van der Waals surface area contributed by atoms with Gasteiger partial charge in [-0.15, -0.1) is 0 Å². The summed E-state index contributed by atoms with van der Waals surface area (Å²) in [5, 5.41) is 0. The number of halogens is 1. The maximum atomic E-state index is 5.87. The molecule has 60 valence electrons. The standard InChI is InChI=1S/C6H13IN2O/c1-10-6(8)2-4-9(7)5-3-6/h2-5,8H2,1H3. The molecule has 0 spiro atoms. The van der Waals surface area contributed by atoms with Gasteiger partial charge in [0.05, 0.1) is 0 Å². The minimum absolute atomic E-state index is 0.346. The van der Waals surface area contributed by atoms with Crippen molar-refractivity contribution in [1.82, 2.24) is 3.11 Å². The fourth-order valence-corrected chi connectivity index (χ4v) is 1.54. The summed E-state index contributed by atoms with van der Waals surface area (Å²) >= 11 is 2.31. The van der Waals surface area contributed by atoms with Gasteiger partial charge in [0.1, 0.15) is 5.72 Å². The van der Waals surface area contributed by atoms with Crippen LogP contribution in [0.15, 0.2) is 0 Å². The Bertz CT molecular complexity index is 112. The highest BCUT2D eigenvalue weighted by atomic mass is 127. The van der Waals surface area contributed by atoms with Crippen LogP contribution >= 0.6 is 22.9 Å². The summed E-state index contributed by atoms with van der Waals surface area (Å²) in [6.45, 7) is 2.07. The van der Waals surface area contributed by atoms with Crippen molar-refractivity contribution in [3.05, 3.63) is 0 Å². The van der Waals surface area contributed by atoms with E-state index in [0.29, 0.717) is 0 Å². The Labute approximate surface area is 75.4 Å². The molecule has 3 nitrogen and oxygen atoms in total. The second-order valence-electron chi connectivity index (χ2n) is 2.68. The van der Waals surface area contributed by atoms with E-state index in [4.69, 9.17) is 10.5 Å². The molecular formula is C6H13IN2O. The van der Waals surface area contributed by atoms with Crippen molar-refractivity contribution in [3.8, 4) is 0 Å². The highest BCUT2D eigenvalue weighted by molar-refractivity contribution is 14.1. The summed E-state index contributed by atoms with van der Waals surface area (Å²) in [6.07, 6.45) is 1.87. The molecule has 1 aliphatic rings. The average molecular weight is 256 g/mol. The van der Waals surface area contributed by atoms with Gasteiger partial charge in [0.2, 0.25) is 0 Å². The number of nitrogens with zero attached hydrogens (tertiary/aromatic N) is 1. The average Bonchev–Trinajstić information content (AvgIpc) is 1.96. The zero-order valence-electron chi connectivity index (χ0n) is 6.14. The van der Waals surface area contributed by atoms with Crippen LogP contribution in [0.1, 0.15) is 12.8 Å². The molecule has 1 saturated heterocycles. The van der Waals surface area contributed by atoms with Gasteiger partial charge < -0.3 is 10.5 Å². The van der Waals surface area contributed by atoms with Crippen molar-refractivity contribution < 1.29 is 4.74 Å². The van der Waals surface area contributed by atoms with Gasteiger partial charge in [-0.3, -0.25) is 0 Å². The summed E-state index contributed by atoms with van der Waals surface area (Å²) in [5.41, 5.74) is 5.52. The molecule has 0 saturated carbocycles. The molecule has 0 amide bonds. The Morgan fingerprint density at radius 2 is 2.00 bits per heavy atom. The van der Waals surface area contributed by atoms with Gasteiger partial charge in [-0.1, -0.05) is 0 Å². The molecule has 0 atom stereocenters. The van der Waals surface area contributed by atoms with E-state index in [1.165, 1.54) is 0 Å². The van der Waals surface area contributed by atoms with E-state index in [1.807, 2.05) is 0 Å². The number of hydrogen-bond donors (Lipinski definition) is 1. The lowest BCUT2D eigenvalue weighted by atomic mass is 10.0. The van der Waals surface area contributed by atoms with E-state index in [1.54, 1.807) is 7.11 Å². The van der Waals surface area contributed by atoms with Crippen molar-refractivity contribution in [2.45, 2.75) is 18.6 Å². The number of piperidine rings is 1. The Morgan fingerprint density at radius 3 is 2.40 bits per heavy atom.